The lowest BCUT2D eigenvalue weighted by molar-refractivity contribution is -0.131. The maximum Gasteiger partial charge on any atom is 0.342 e. The average molecular weight is 519 g/mol. The first kappa shape index (κ1) is 25.4. The van der Waals surface area contributed by atoms with Crippen molar-refractivity contribution in [1.82, 2.24) is 0 Å². The number of carbonyl (C=O) groups is 3. The first-order valence-corrected chi connectivity index (χ1v) is 12.2. The van der Waals surface area contributed by atoms with Gasteiger partial charge in [0.1, 0.15) is 35.9 Å². The molecule has 0 bridgehead atoms. The summed E-state index contributed by atoms with van der Waals surface area (Å²) in [5.74, 6) is -1.000. The van der Waals surface area contributed by atoms with Crippen LogP contribution in [0.1, 0.15) is 33.2 Å². The highest BCUT2D eigenvalue weighted by atomic mass is 16.7. The first-order valence-electron chi connectivity index (χ1n) is 12.2. The van der Waals surface area contributed by atoms with Gasteiger partial charge in [0.25, 0.3) is 0 Å². The monoisotopic (exact) mass is 518 g/mol. The summed E-state index contributed by atoms with van der Waals surface area (Å²) in [5, 5.41) is 0. The zero-order chi connectivity index (χ0) is 26.5. The molecule has 2 heterocycles. The molecule has 38 heavy (non-hydrogen) atoms. The third-order valence-electron chi connectivity index (χ3n) is 6.18. The summed E-state index contributed by atoms with van der Waals surface area (Å²) >= 11 is 0. The highest BCUT2D eigenvalue weighted by Crippen LogP contribution is 2.32. The van der Waals surface area contributed by atoms with Gasteiger partial charge in [-0.1, -0.05) is 42.5 Å². The fraction of sp³-hybridized carbons (Fsp3) is 0.276. The largest absolute Gasteiger partial charge is 0.489 e. The summed E-state index contributed by atoms with van der Waals surface area (Å²) in [7, 11) is 0. The maximum atomic E-state index is 12.8. The molecule has 9 heteroatoms. The fourth-order valence-corrected chi connectivity index (χ4v) is 4.34. The molecule has 2 fully saturated rings. The Morgan fingerprint density at radius 1 is 0.763 bits per heavy atom. The smallest absolute Gasteiger partial charge is 0.342 e. The minimum absolute atomic E-state index is 0.0817. The molecule has 4 atom stereocenters. The van der Waals surface area contributed by atoms with E-state index in [2.05, 4.69) is 0 Å². The van der Waals surface area contributed by atoms with E-state index in [0.29, 0.717) is 17.9 Å². The predicted molar refractivity (Wildman–Crippen MR) is 133 cm³/mol. The van der Waals surface area contributed by atoms with E-state index in [4.69, 9.17) is 28.4 Å². The topological polar surface area (TPSA) is 107 Å². The Kier molecular flexibility index (Phi) is 7.67. The lowest BCUT2D eigenvalue weighted by Crippen LogP contribution is -2.36. The van der Waals surface area contributed by atoms with Gasteiger partial charge in [-0.15, -0.1) is 0 Å². The maximum absolute atomic E-state index is 12.8. The Bertz CT molecular complexity index is 1290. The van der Waals surface area contributed by atoms with Crippen molar-refractivity contribution in [2.75, 3.05) is 13.2 Å². The number of rotatable bonds is 8. The van der Waals surface area contributed by atoms with Crippen LogP contribution in [0.5, 0.6) is 11.5 Å². The van der Waals surface area contributed by atoms with Crippen LogP contribution >= 0.6 is 0 Å². The number of hydrogen-bond donors (Lipinski definition) is 0. The van der Waals surface area contributed by atoms with E-state index in [-0.39, 0.29) is 24.5 Å². The molecule has 0 amide bonds. The van der Waals surface area contributed by atoms with Gasteiger partial charge in [0.15, 0.2) is 12.2 Å². The molecule has 3 aromatic rings. The second-order valence-electron chi connectivity index (χ2n) is 8.87. The highest BCUT2D eigenvalue weighted by Gasteiger charge is 2.51. The summed E-state index contributed by atoms with van der Waals surface area (Å²) in [6.45, 7) is 1.86. The van der Waals surface area contributed by atoms with E-state index in [9.17, 15) is 14.4 Å². The Labute approximate surface area is 219 Å². The molecule has 0 radical (unpaired) electrons. The van der Waals surface area contributed by atoms with Gasteiger partial charge in [0.05, 0.1) is 18.8 Å². The minimum atomic E-state index is -0.706. The van der Waals surface area contributed by atoms with Crippen molar-refractivity contribution in [3.63, 3.8) is 0 Å². The van der Waals surface area contributed by atoms with Gasteiger partial charge >= 0.3 is 17.9 Å². The Hall–Kier alpha value is -4.21. The van der Waals surface area contributed by atoms with Crippen molar-refractivity contribution in [1.29, 1.82) is 0 Å². The third-order valence-corrected chi connectivity index (χ3v) is 6.18. The van der Waals surface area contributed by atoms with Gasteiger partial charge in [-0.05, 0) is 42.0 Å². The predicted octanol–water partition coefficient (Wildman–Crippen LogP) is 3.74. The van der Waals surface area contributed by atoms with Crippen molar-refractivity contribution >= 4 is 17.9 Å². The fourth-order valence-electron chi connectivity index (χ4n) is 4.34. The molecule has 3 aromatic carbocycles. The molecule has 2 aliphatic heterocycles. The summed E-state index contributed by atoms with van der Waals surface area (Å²) in [6.07, 6.45) is -2.53. The number of para-hydroxylation sites is 1. The lowest BCUT2D eigenvalue weighted by atomic mass is 10.1. The van der Waals surface area contributed by atoms with E-state index in [1.54, 1.807) is 36.4 Å². The standard InChI is InChI=1S/C29H26O9/c1-18(30)36-23-10-6-5-9-22(23)29(32)38-25-17-35-26-24(16-34-27(25)26)37-28(31)20-11-13-21(14-12-20)33-15-19-7-3-2-4-8-19/h2-14,24-27H,15-17H2,1H3/t24-,25+,26-,27-/m1/s1. The molecule has 0 unspecified atom stereocenters. The van der Waals surface area contributed by atoms with Gasteiger partial charge in [-0.25, -0.2) is 9.59 Å². The van der Waals surface area contributed by atoms with Crippen LogP contribution in [0.25, 0.3) is 0 Å². The van der Waals surface area contributed by atoms with Crippen LogP contribution in [0.2, 0.25) is 0 Å². The van der Waals surface area contributed by atoms with Gasteiger partial charge < -0.3 is 28.4 Å². The molecule has 0 aromatic heterocycles. The average Bonchev–Trinajstić information content (AvgIpc) is 3.51. The van der Waals surface area contributed by atoms with Crippen molar-refractivity contribution in [3.8, 4) is 11.5 Å². The molecule has 196 valence electrons. The van der Waals surface area contributed by atoms with Crippen LogP contribution in [0.15, 0.2) is 78.9 Å². The Morgan fingerprint density at radius 2 is 1.37 bits per heavy atom. The molecule has 0 saturated carbocycles. The van der Waals surface area contributed by atoms with Crippen molar-refractivity contribution < 1.29 is 42.8 Å². The summed E-state index contributed by atoms with van der Waals surface area (Å²) in [4.78, 5) is 36.9. The minimum Gasteiger partial charge on any atom is -0.489 e. The van der Waals surface area contributed by atoms with E-state index in [1.807, 2.05) is 30.3 Å². The van der Waals surface area contributed by atoms with E-state index in [1.165, 1.54) is 19.1 Å². The zero-order valence-corrected chi connectivity index (χ0v) is 20.6. The van der Waals surface area contributed by atoms with Crippen LogP contribution in [0.4, 0.5) is 0 Å². The molecule has 2 saturated heterocycles. The summed E-state index contributed by atoms with van der Waals surface area (Å²) < 4.78 is 33.7. The quantitative estimate of drug-likeness (QED) is 0.326. The van der Waals surface area contributed by atoms with Crippen LogP contribution in [0.3, 0.4) is 0 Å². The SMILES string of the molecule is CC(=O)Oc1ccccc1C(=O)O[C@H]1CO[C@H]2[C@@H]1OC[C@H]2OC(=O)c1ccc(OCc2ccccc2)cc1. The third kappa shape index (κ3) is 5.85. The second-order valence-corrected chi connectivity index (χ2v) is 8.87. The van der Waals surface area contributed by atoms with Crippen LogP contribution < -0.4 is 9.47 Å². The van der Waals surface area contributed by atoms with Gasteiger partial charge in [0, 0.05) is 6.92 Å². The molecular weight excluding hydrogens is 492 g/mol. The molecule has 0 spiro atoms. The van der Waals surface area contributed by atoms with Crippen molar-refractivity contribution in [2.24, 2.45) is 0 Å². The van der Waals surface area contributed by atoms with Gasteiger partial charge in [0.2, 0.25) is 0 Å². The van der Waals surface area contributed by atoms with Crippen LogP contribution in [-0.4, -0.2) is 55.5 Å². The molecule has 5 rings (SSSR count). The van der Waals surface area contributed by atoms with E-state index < -0.39 is 42.3 Å². The highest BCUT2D eigenvalue weighted by molar-refractivity contribution is 5.93. The first-order chi connectivity index (χ1) is 18.5. The zero-order valence-electron chi connectivity index (χ0n) is 20.6. The summed E-state index contributed by atoms with van der Waals surface area (Å²) in [6, 6.07) is 22.8. The lowest BCUT2D eigenvalue weighted by Gasteiger charge is -2.18. The second kappa shape index (κ2) is 11.5. The number of esters is 3. The van der Waals surface area contributed by atoms with Gasteiger partial charge in [-0.2, -0.15) is 0 Å². The Balaban J connectivity index is 1.14. The normalized spacial score (nSPS) is 21.8. The number of hydrogen-bond acceptors (Lipinski definition) is 9. The number of ether oxygens (including phenoxy) is 6. The Morgan fingerprint density at radius 3 is 2.03 bits per heavy atom. The summed E-state index contributed by atoms with van der Waals surface area (Å²) in [5.41, 5.74) is 1.52. The number of carbonyl (C=O) groups excluding carboxylic acids is 3. The van der Waals surface area contributed by atoms with Crippen LogP contribution in [0, 0.1) is 0 Å². The van der Waals surface area contributed by atoms with Crippen molar-refractivity contribution in [2.45, 2.75) is 37.9 Å². The molecule has 9 nitrogen and oxygen atoms in total. The molecule has 2 aliphatic rings. The van der Waals surface area contributed by atoms with E-state index >= 15 is 0 Å². The number of benzene rings is 3. The van der Waals surface area contributed by atoms with E-state index in [0.717, 1.165) is 5.56 Å². The molecule has 0 N–H and O–H groups in total. The van der Waals surface area contributed by atoms with Crippen molar-refractivity contribution in [3.05, 3.63) is 95.6 Å². The molecule has 0 aliphatic carbocycles. The molecular formula is C29H26O9. The van der Waals surface area contributed by atoms with Crippen LogP contribution in [-0.2, 0) is 30.3 Å². The van der Waals surface area contributed by atoms with Gasteiger partial charge in [-0.3, -0.25) is 4.79 Å². The number of fused-ring (bicyclic) bond motifs is 1.